The Morgan fingerprint density at radius 1 is 0.893 bits per heavy atom. The largest absolute Gasteiger partial charge is 0.465 e. The van der Waals surface area contributed by atoms with Crippen molar-refractivity contribution in [1.82, 2.24) is 0 Å². The van der Waals surface area contributed by atoms with Crippen molar-refractivity contribution in [2.75, 3.05) is 19.0 Å². The van der Waals surface area contributed by atoms with Gasteiger partial charge in [0.15, 0.2) is 0 Å². The average molecular weight is 373 g/mol. The van der Waals surface area contributed by atoms with Crippen LogP contribution in [0.4, 0.5) is 5.69 Å². The number of esters is 1. The van der Waals surface area contributed by atoms with Gasteiger partial charge >= 0.3 is 5.97 Å². The Balaban J connectivity index is 1.54. The SMILES string of the molecule is COC(=O)c1ccc(/C=C(\C)CNc2ccc(Oc3ccccc3)cc2)cc1. The summed E-state index contributed by atoms with van der Waals surface area (Å²) in [7, 11) is 1.38. The third-order valence-electron chi connectivity index (χ3n) is 4.15. The van der Waals surface area contributed by atoms with E-state index in [1.54, 1.807) is 12.1 Å². The van der Waals surface area contributed by atoms with Gasteiger partial charge in [-0.3, -0.25) is 0 Å². The van der Waals surface area contributed by atoms with Gasteiger partial charge in [-0.05, 0) is 61.0 Å². The lowest BCUT2D eigenvalue weighted by Crippen LogP contribution is -2.02. The molecule has 0 aliphatic heterocycles. The van der Waals surface area contributed by atoms with Crippen molar-refractivity contribution in [2.24, 2.45) is 0 Å². The molecule has 4 heteroatoms. The molecule has 0 spiro atoms. The minimum Gasteiger partial charge on any atom is -0.465 e. The fourth-order valence-corrected chi connectivity index (χ4v) is 2.68. The summed E-state index contributed by atoms with van der Waals surface area (Å²) in [5, 5.41) is 3.40. The number of hydrogen-bond acceptors (Lipinski definition) is 4. The van der Waals surface area contributed by atoms with Crippen LogP contribution in [-0.4, -0.2) is 19.6 Å². The second-order valence-corrected chi connectivity index (χ2v) is 6.40. The molecule has 0 heterocycles. The van der Waals surface area contributed by atoms with E-state index in [1.807, 2.05) is 66.7 Å². The van der Waals surface area contributed by atoms with Crippen LogP contribution in [0.5, 0.6) is 11.5 Å². The van der Waals surface area contributed by atoms with Gasteiger partial charge < -0.3 is 14.8 Å². The monoisotopic (exact) mass is 373 g/mol. The minimum atomic E-state index is -0.325. The maximum atomic E-state index is 11.5. The van der Waals surface area contributed by atoms with E-state index in [4.69, 9.17) is 9.47 Å². The van der Waals surface area contributed by atoms with Crippen LogP contribution in [0.3, 0.4) is 0 Å². The van der Waals surface area contributed by atoms with E-state index in [-0.39, 0.29) is 5.97 Å². The maximum absolute atomic E-state index is 11.5. The molecule has 0 bridgehead atoms. The first-order valence-electron chi connectivity index (χ1n) is 9.06. The number of carbonyl (C=O) groups is 1. The second kappa shape index (κ2) is 9.42. The molecule has 0 aliphatic carbocycles. The van der Waals surface area contributed by atoms with Gasteiger partial charge in [-0.1, -0.05) is 42.0 Å². The third kappa shape index (κ3) is 5.48. The molecule has 0 aliphatic rings. The molecule has 0 amide bonds. The first kappa shape index (κ1) is 19.2. The lowest BCUT2D eigenvalue weighted by atomic mass is 10.1. The fourth-order valence-electron chi connectivity index (χ4n) is 2.68. The normalized spacial score (nSPS) is 11.0. The quantitative estimate of drug-likeness (QED) is 0.533. The van der Waals surface area contributed by atoms with Gasteiger partial charge in [0, 0.05) is 12.2 Å². The molecule has 0 aromatic heterocycles. The van der Waals surface area contributed by atoms with Crippen LogP contribution >= 0.6 is 0 Å². The first-order chi connectivity index (χ1) is 13.6. The number of hydrogen-bond donors (Lipinski definition) is 1. The Labute approximate surface area is 165 Å². The van der Waals surface area contributed by atoms with Crippen LogP contribution in [0, 0.1) is 0 Å². The van der Waals surface area contributed by atoms with E-state index in [1.165, 1.54) is 12.7 Å². The van der Waals surface area contributed by atoms with Crippen molar-refractivity contribution in [3.63, 3.8) is 0 Å². The number of para-hydroxylation sites is 1. The summed E-state index contributed by atoms with van der Waals surface area (Å²) in [6.45, 7) is 2.78. The molecule has 4 nitrogen and oxygen atoms in total. The Morgan fingerprint density at radius 3 is 2.18 bits per heavy atom. The molecule has 3 aromatic rings. The Kier molecular flexibility index (Phi) is 6.47. The standard InChI is InChI=1S/C24H23NO3/c1-18(16-19-8-10-20(11-9-19)24(26)27-2)17-25-21-12-14-23(15-13-21)28-22-6-4-3-5-7-22/h3-16,25H,17H2,1-2H3/b18-16+. The van der Waals surface area contributed by atoms with Crippen molar-refractivity contribution in [2.45, 2.75) is 6.92 Å². The molecule has 3 rings (SSSR count). The smallest absolute Gasteiger partial charge is 0.337 e. The number of benzene rings is 3. The zero-order valence-electron chi connectivity index (χ0n) is 16.0. The summed E-state index contributed by atoms with van der Waals surface area (Å²) < 4.78 is 10.5. The summed E-state index contributed by atoms with van der Waals surface area (Å²) >= 11 is 0. The average Bonchev–Trinajstić information content (AvgIpc) is 2.74. The zero-order chi connectivity index (χ0) is 19.8. The van der Waals surface area contributed by atoms with Gasteiger partial charge in [0.05, 0.1) is 12.7 Å². The molecular weight excluding hydrogens is 350 g/mol. The van der Waals surface area contributed by atoms with Crippen LogP contribution in [0.25, 0.3) is 6.08 Å². The van der Waals surface area contributed by atoms with Crippen LogP contribution < -0.4 is 10.1 Å². The molecule has 142 valence electrons. The predicted octanol–water partition coefficient (Wildman–Crippen LogP) is 5.78. The highest BCUT2D eigenvalue weighted by atomic mass is 16.5. The Hall–Kier alpha value is -3.53. The number of anilines is 1. The van der Waals surface area contributed by atoms with Crippen LogP contribution in [-0.2, 0) is 4.74 Å². The fraction of sp³-hybridized carbons (Fsp3) is 0.125. The summed E-state index contributed by atoms with van der Waals surface area (Å²) in [6, 6.07) is 24.9. The number of rotatable bonds is 7. The van der Waals surface area contributed by atoms with Crippen molar-refractivity contribution >= 4 is 17.7 Å². The predicted molar refractivity (Wildman–Crippen MR) is 113 cm³/mol. The van der Waals surface area contributed by atoms with Gasteiger partial charge in [-0.15, -0.1) is 0 Å². The second-order valence-electron chi connectivity index (χ2n) is 6.40. The van der Waals surface area contributed by atoms with E-state index >= 15 is 0 Å². The molecule has 0 atom stereocenters. The van der Waals surface area contributed by atoms with E-state index < -0.39 is 0 Å². The molecule has 0 radical (unpaired) electrons. The maximum Gasteiger partial charge on any atom is 0.337 e. The summed E-state index contributed by atoms with van der Waals surface area (Å²) in [5.74, 6) is 1.29. The van der Waals surface area contributed by atoms with Crippen molar-refractivity contribution < 1.29 is 14.3 Å². The lowest BCUT2D eigenvalue weighted by molar-refractivity contribution is 0.0600. The molecule has 0 unspecified atom stereocenters. The molecule has 0 saturated heterocycles. The van der Waals surface area contributed by atoms with Crippen LogP contribution in [0.15, 0.2) is 84.4 Å². The number of nitrogens with one attached hydrogen (secondary N) is 1. The van der Waals surface area contributed by atoms with E-state index in [0.717, 1.165) is 29.3 Å². The number of carbonyl (C=O) groups excluding carboxylic acids is 1. The van der Waals surface area contributed by atoms with E-state index in [9.17, 15) is 4.79 Å². The van der Waals surface area contributed by atoms with Crippen molar-refractivity contribution in [3.8, 4) is 11.5 Å². The number of methoxy groups -OCH3 is 1. The molecule has 0 saturated carbocycles. The molecule has 1 N–H and O–H groups in total. The van der Waals surface area contributed by atoms with Crippen molar-refractivity contribution in [1.29, 1.82) is 0 Å². The molecular formula is C24H23NO3. The highest BCUT2D eigenvalue weighted by molar-refractivity contribution is 5.89. The van der Waals surface area contributed by atoms with Gasteiger partial charge in [0.1, 0.15) is 11.5 Å². The minimum absolute atomic E-state index is 0.325. The number of ether oxygens (including phenoxy) is 2. The topological polar surface area (TPSA) is 47.6 Å². The van der Waals surface area contributed by atoms with Gasteiger partial charge in [-0.2, -0.15) is 0 Å². The highest BCUT2D eigenvalue weighted by Crippen LogP contribution is 2.22. The third-order valence-corrected chi connectivity index (χ3v) is 4.15. The zero-order valence-corrected chi connectivity index (χ0v) is 16.0. The Morgan fingerprint density at radius 2 is 1.54 bits per heavy atom. The van der Waals surface area contributed by atoms with Gasteiger partial charge in [-0.25, -0.2) is 4.79 Å². The van der Waals surface area contributed by atoms with Gasteiger partial charge in [0.25, 0.3) is 0 Å². The van der Waals surface area contributed by atoms with E-state index in [0.29, 0.717) is 5.56 Å². The van der Waals surface area contributed by atoms with Crippen molar-refractivity contribution in [3.05, 3.63) is 95.6 Å². The van der Waals surface area contributed by atoms with Crippen LogP contribution in [0.2, 0.25) is 0 Å². The summed E-state index contributed by atoms with van der Waals surface area (Å²) in [5.41, 5.74) is 3.79. The molecule has 28 heavy (non-hydrogen) atoms. The van der Waals surface area contributed by atoms with E-state index in [2.05, 4.69) is 18.3 Å². The first-order valence-corrected chi connectivity index (χ1v) is 9.06. The summed E-state index contributed by atoms with van der Waals surface area (Å²) in [4.78, 5) is 11.5. The van der Waals surface area contributed by atoms with Gasteiger partial charge in [0.2, 0.25) is 0 Å². The van der Waals surface area contributed by atoms with Crippen LogP contribution in [0.1, 0.15) is 22.8 Å². The molecule has 3 aromatic carbocycles. The summed E-state index contributed by atoms with van der Waals surface area (Å²) in [6.07, 6.45) is 2.08. The highest BCUT2D eigenvalue weighted by Gasteiger charge is 2.03. The molecule has 0 fully saturated rings. The Bertz CT molecular complexity index is 930. The lowest BCUT2D eigenvalue weighted by Gasteiger charge is -2.09.